The summed E-state index contributed by atoms with van der Waals surface area (Å²) in [5.41, 5.74) is 8.72. The van der Waals surface area contributed by atoms with Crippen molar-refractivity contribution in [3.63, 3.8) is 0 Å². The molecule has 14 heavy (non-hydrogen) atoms. The summed E-state index contributed by atoms with van der Waals surface area (Å²) in [6, 6.07) is 7.84. The van der Waals surface area contributed by atoms with Crippen LogP contribution in [0, 0.1) is 18.3 Å². The number of anilines is 1. The number of hydrogen-bond donors (Lipinski definition) is 1. The van der Waals surface area contributed by atoms with Gasteiger partial charge in [-0.05, 0) is 19.1 Å². The van der Waals surface area contributed by atoms with E-state index in [1.807, 2.05) is 31.2 Å². The minimum Gasteiger partial charge on any atom is -0.397 e. The van der Waals surface area contributed by atoms with E-state index in [0.717, 1.165) is 16.5 Å². The predicted molar refractivity (Wildman–Crippen MR) is 55.6 cm³/mol. The van der Waals surface area contributed by atoms with Gasteiger partial charge in [0.25, 0.3) is 0 Å². The highest BCUT2D eigenvalue weighted by molar-refractivity contribution is 5.92. The predicted octanol–water partition coefficient (Wildman–Crippen LogP) is 2.00. The van der Waals surface area contributed by atoms with Gasteiger partial charge in [-0.25, -0.2) is 0 Å². The van der Waals surface area contributed by atoms with Crippen molar-refractivity contribution in [2.75, 3.05) is 5.73 Å². The van der Waals surface area contributed by atoms with Crippen LogP contribution in [0.4, 0.5) is 5.69 Å². The third-order valence-electron chi connectivity index (χ3n) is 2.19. The maximum Gasteiger partial charge on any atom is 0.103 e. The van der Waals surface area contributed by atoms with Crippen LogP contribution in [0.2, 0.25) is 0 Å². The van der Waals surface area contributed by atoms with E-state index in [2.05, 4.69) is 4.98 Å². The summed E-state index contributed by atoms with van der Waals surface area (Å²) in [4.78, 5) is 4.15. The second kappa shape index (κ2) is 3.00. The maximum absolute atomic E-state index is 8.78. The Kier molecular flexibility index (Phi) is 1.83. The molecule has 0 radical (unpaired) electrons. The van der Waals surface area contributed by atoms with Gasteiger partial charge in [0.2, 0.25) is 0 Å². The van der Waals surface area contributed by atoms with Crippen molar-refractivity contribution in [2.45, 2.75) is 6.92 Å². The molecule has 0 bridgehead atoms. The lowest BCUT2D eigenvalue weighted by atomic mass is 10.1. The topological polar surface area (TPSA) is 62.7 Å². The van der Waals surface area contributed by atoms with E-state index >= 15 is 0 Å². The minimum absolute atomic E-state index is 0.433. The molecule has 0 saturated heterocycles. The van der Waals surface area contributed by atoms with E-state index in [1.54, 1.807) is 0 Å². The first-order valence-corrected chi connectivity index (χ1v) is 4.27. The zero-order chi connectivity index (χ0) is 10.1. The SMILES string of the molecule is Cc1ccc2ncc(C#N)c(N)c2c1. The Morgan fingerprint density at radius 2 is 2.21 bits per heavy atom. The Hall–Kier alpha value is -2.08. The van der Waals surface area contributed by atoms with Crippen molar-refractivity contribution in [3.8, 4) is 6.07 Å². The number of benzene rings is 1. The van der Waals surface area contributed by atoms with E-state index in [4.69, 9.17) is 11.0 Å². The minimum atomic E-state index is 0.433. The summed E-state index contributed by atoms with van der Waals surface area (Å²) in [6.07, 6.45) is 1.51. The van der Waals surface area contributed by atoms with Crippen LogP contribution in [0.5, 0.6) is 0 Å². The smallest absolute Gasteiger partial charge is 0.103 e. The van der Waals surface area contributed by atoms with Crippen LogP contribution in [0.15, 0.2) is 24.4 Å². The third kappa shape index (κ3) is 1.17. The van der Waals surface area contributed by atoms with Crippen molar-refractivity contribution in [3.05, 3.63) is 35.5 Å². The average Bonchev–Trinajstić information content (AvgIpc) is 2.20. The molecule has 1 aromatic heterocycles. The van der Waals surface area contributed by atoms with Crippen molar-refractivity contribution < 1.29 is 0 Å². The molecule has 2 N–H and O–H groups in total. The van der Waals surface area contributed by atoms with Crippen LogP contribution in [0.3, 0.4) is 0 Å². The molecule has 0 aliphatic rings. The standard InChI is InChI=1S/C11H9N3/c1-7-2-3-10-9(4-7)11(13)8(5-12)6-14-10/h2-4,6H,1H3,(H2,13,14). The number of nitrogens with two attached hydrogens (primary N) is 1. The van der Waals surface area contributed by atoms with E-state index in [-0.39, 0.29) is 0 Å². The van der Waals surface area contributed by atoms with Crippen molar-refractivity contribution in [1.29, 1.82) is 5.26 Å². The van der Waals surface area contributed by atoms with Gasteiger partial charge in [0.1, 0.15) is 6.07 Å². The van der Waals surface area contributed by atoms with Gasteiger partial charge < -0.3 is 5.73 Å². The maximum atomic E-state index is 8.78. The average molecular weight is 183 g/mol. The first-order valence-electron chi connectivity index (χ1n) is 4.27. The molecule has 1 aromatic carbocycles. The summed E-state index contributed by atoms with van der Waals surface area (Å²) in [5.74, 6) is 0. The zero-order valence-corrected chi connectivity index (χ0v) is 7.78. The number of nitriles is 1. The molecule has 0 amide bonds. The molecule has 3 heteroatoms. The highest BCUT2D eigenvalue weighted by Crippen LogP contribution is 2.23. The van der Waals surface area contributed by atoms with E-state index in [0.29, 0.717) is 11.3 Å². The van der Waals surface area contributed by atoms with Gasteiger partial charge in [-0.3, -0.25) is 4.98 Å². The molecule has 2 rings (SSSR count). The van der Waals surface area contributed by atoms with E-state index in [1.165, 1.54) is 6.20 Å². The Balaban J connectivity index is 2.88. The lowest BCUT2D eigenvalue weighted by molar-refractivity contribution is 1.36. The molecule has 0 aliphatic carbocycles. The lowest BCUT2D eigenvalue weighted by Gasteiger charge is -2.03. The van der Waals surface area contributed by atoms with Gasteiger partial charge in [-0.15, -0.1) is 0 Å². The summed E-state index contributed by atoms with van der Waals surface area (Å²) < 4.78 is 0. The third-order valence-corrected chi connectivity index (χ3v) is 2.19. The molecule has 3 nitrogen and oxygen atoms in total. The molecule has 2 aromatic rings. The highest BCUT2D eigenvalue weighted by Gasteiger charge is 2.04. The monoisotopic (exact) mass is 183 g/mol. The molecular formula is C11H9N3. The number of nitrogen functional groups attached to an aromatic ring is 1. The molecule has 0 unspecified atom stereocenters. The number of pyridine rings is 1. The van der Waals surface area contributed by atoms with Crippen LogP contribution in [0.1, 0.15) is 11.1 Å². The quantitative estimate of drug-likeness (QED) is 0.679. The molecule has 0 saturated carbocycles. The van der Waals surface area contributed by atoms with Gasteiger partial charge in [0.05, 0.1) is 16.8 Å². The second-order valence-corrected chi connectivity index (χ2v) is 3.22. The lowest BCUT2D eigenvalue weighted by Crippen LogP contribution is -1.94. The molecule has 0 spiro atoms. The first kappa shape index (κ1) is 8.52. The fourth-order valence-corrected chi connectivity index (χ4v) is 1.42. The number of fused-ring (bicyclic) bond motifs is 1. The van der Waals surface area contributed by atoms with Gasteiger partial charge in [-0.2, -0.15) is 5.26 Å². The van der Waals surface area contributed by atoms with Crippen molar-refractivity contribution in [1.82, 2.24) is 4.98 Å². The molecule has 68 valence electrons. The Bertz CT molecular complexity index is 538. The summed E-state index contributed by atoms with van der Waals surface area (Å²) >= 11 is 0. The number of rotatable bonds is 0. The highest BCUT2D eigenvalue weighted by atomic mass is 14.7. The van der Waals surface area contributed by atoms with Crippen LogP contribution in [0.25, 0.3) is 10.9 Å². The van der Waals surface area contributed by atoms with Gasteiger partial charge in [0, 0.05) is 11.6 Å². The second-order valence-electron chi connectivity index (χ2n) is 3.22. The van der Waals surface area contributed by atoms with Crippen LogP contribution in [-0.2, 0) is 0 Å². The Labute approximate surface area is 81.8 Å². The molecule has 1 heterocycles. The van der Waals surface area contributed by atoms with Crippen LogP contribution in [-0.4, -0.2) is 4.98 Å². The normalized spacial score (nSPS) is 10.0. The van der Waals surface area contributed by atoms with E-state index in [9.17, 15) is 0 Å². The van der Waals surface area contributed by atoms with Gasteiger partial charge in [0.15, 0.2) is 0 Å². The van der Waals surface area contributed by atoms with Crippen molar-refractivity contribution in [2.24, 2.45) is 0 Å². The van der Waals surface area contributed by atoms with Crippen LogP contribution >= 0.6 is 0 Å². The molecular weight excluding hydrogens is 174 g/mol. The Morgan fingerprint density at radius 1 is 1.43 bits per heavy atom. The largest absolute Gasteiger partial charge is 0.397 e. The summed E-state index contributed by atoms with van der Waals surface area (Å²) in [7, 11) is 0. The number of nitrogens with zero attached hydrogens (tertiary/aromatic N) is 2. The molecule has 0 atom stereocenters. The van der Waals surface area contributed by atoms with Gasteiger partial charge >= 0.3 is 0 Å². The summed E-state index contributed by atoms with van der Waals surface area (Å²) in [5, 5.41) is 9.63. The number of aryl methyl sites for hydroxylation is 1. The number of hydrogen-bond acceptors (Lipinski definition) is 3. The van der Waals surface area contributed by atoms with E-state index < -0.39 is 0 Å². The van der Waals surface area contributed by atoms with Gasteiger partial charge in [-0.1, -0.05) is 11.6 Å². The Morgan fingerprint density at radius 3 is 2.93 bits per heavy atom. The summed E-state index contributed by atoms with van der Waals surface area (Å²) in [6.45, 7) is 1.98. The molecule has 0 fully saturated rings. The fraction of sp³-hybridized carbons (Fsp3) is 0.0909. The number of aromatic nitrogens is 1. The van der Waals surface area contributed by atoms with Crippen LogP contribution < -0.4 is 5.73 Å². The first-order chi connectivity index (χ1) is 6.72. The fourth-order valence-electron chi connectivity index (χ4n) is 1.42. The zero-order valence-electron chi connectivity index (χ0n) is 7.78. The molecule has 0 aliphatic heterocycles. The van der Waals surface area contributed by atoms with Crippen molar-refractivity contribution >= 4 is 16.6 Å².